The highest BCUT2D eigenvalue weighted by Gasteiger charge is 2.16. The molecule has 3 heteroatoms. The number of carbonyl (C=O) groups is 1. The highest BCUT2D eigenvalue weighted by atomic mass is 32.2. The Balaban J connectivity index is 2.14. The molecule has 1 amide bonds. The second kappa shape index (κ2) is 2.43. The minimum atomic E-state index is -0.229. The van der Waals surface area contributed by atoms with Crippen LogP contribution in [0.5, 0.6) is 0 Å². The summed E-state index contributed by atoms with van der Waals surface area (Å²) < 4.78 is 0. The maximum absolute atomic E-state index is 10.2. The molecule has 0 aliphatic heterocycles. The topological polar surface area (TPSA) is 43.1 Å². The summed E-state index contributed by atoms with van der Waals surface area (Å²) in [6.07, 6.45) is 1.10. The van der Waals surface area contributed by atoms with Crippen LogP contribution in [0.2, 0.25) is 0 Å². The van der Waals surface area contributed by atoms with Gasteiger partial charge in [-0.3, -0.25) is 4.79 Å². The Morgan fingerprint density at radius 1 is 1.89 bits per heavy atom. The second-order valence-electron chi connectivity index (χ2n) is 2.14. The number of nitrogens with two attached hydrogens (primary N) is 1. The molecular formula is C6H9NOS. The van der Waals surface area contributed by atoms with Gasteiger partial charge in [0.05, 0.1) is 5.75 Å². The van der Waals surface area contributed by atoms with Crippen LogP contribution in [0.1, 0.15) is 13.3 Å². The third-order valence-electron chi connectivity index (χ3n) is 1.17. The number of hydrogen-bond acceptors (Lipinski definition) is 2. The lowest BCUT2D eigenvalue weighted by Gasteiger charge is -1.86. The van der Waals surface area contributed by atoms with Gasteiger partial charge >= 0.3 is 0 Å². The zero-order valence-corrected chi connectivity index (χ0v) is 6.12. The van der Waals surface area contributed by atoms with Gasteiger partial charge < -0.3 is 5.73 Å². The maximum atomic E-state index is 10.2. The van der Waals surface area contributed by atoms with Gasteiger partial charge in [0.15, 0.2) is 0 Å². The van der Waals surface area contributed by atoms with Gasteiger partial charge in [-0.15, -0.1) is 11.8 Å². The Morgan fingerprint density at radius 2 is 2.44 bits per heavy atom. The van der Waals surface area contributed by atoms with E-state index in [2.05, 4.69) is 6.92 Å². The molecule has 0 fully saturated rings. The Kier molecular flexibility index (Phi) is 1.81. The molecule has 0 aromatic heterocycles. The van der Waals surface area contributed by atoms with Crippen LogP contribution in [0.25, 0.3) is 0 Å². The van der Waals surface area contributed by atoms with Gasteiger partial charge in [-0.25, -0.2) is 0 Å². The molecule has 50 valence electrons. The van der Waals surface area contributed by atoms with Crippen LogP contribution in [0.3, 0.4) is 0 Å². The standard InChI is InChI=1S/C6H9NOS/c1-4-2-5(4)9-3-6(7)8/h2-3H2,1H3,(H2,7,8). The summed E-state index contributed by atoms with van der Waals surface area (Å²) in [6.45, 7) is 2.07. The van der Waals surface area contributed by atoms with E-state index in [0.29, 0.717) is 5.75 Å². The normalized spacial score (nSPS) is 16.1. The molecule has 0 radical (unpaired) electrons. The van der Waals surface area contributed by atoms with Gasteiger partial charge in [-0.2, -0.15) is 0 Å². The maximum Gasteiger partial charge on any atom is 0.227 e. The molecule has 2 N–H and O–H groups in total. The number of hydrogen-bond donors (Lipinski definition) is 1. The number of amides is 1. The zero-order chi connectivity index (χ0) is 6.85. The summed E-state index contributed by atoms with van der Waals surface area (Å²) in [5.41, 5.74) is 6.34. The molecule has 0 aromatic carbocycles. The van der Waals surface area contributed by atoms with Crippen molar-refractivity contribution in [1.82, 2.24) is 0 Å². The lowest BCUT2D eigenvalue weighted by atomic mass is 10.6. The number of carbonyl (C=O) groups excluding carboxylic acids is 1. The number of thioether (sulfide) groups is 1. The molecule has 0 atom stereocenters. The predicted molar refractivity (Wildman–Crippen MR) is 39.0 cm³/mol. The van der Waals surface area contributed by atoms with Crippen LogP contribution in [0.4, 0.5) is 0 Å². The lowest BCUT2D eigenvalue weighted by molar-refractivity contribution is -0.115. The first-order valence-electron chi connectivity index (χ1n) is 2.80. The fraction of sp³-hybridized carbons (Fsp3) is 0.500. The van der Waals surface area contributed by atoms with Crippen molar-refractivity contribution >= 4 is 17.7 Å². The second-order valence-corrected chi connectivity index (χ2v) is 3.21. The predicted octanol–water partition coefficient (Wildman–Crippen LogP) is 0.883. The van der Waals surface area contributed by atoms with E-state index in [1.165, 1.54) is 10.5 Å². The molecule has 0 aromatic rings. The number of rotatable bonds is 3. The molecule has 0 spiro atoms. The highest BCUT2D eigenvalue weighted by Crippen LogP contribution is 2.39. The molecule has 0 bridgehead atoms. The molecule has 1 rings (SSSR count). The van der Waals surface area contributed by atoms with E-state index in [4.69, 9.17) is 5.73 Å². The third-order valence-corrected chi connectivity index (χ3v) is 2.44. The van der Waals surface area contributed by atoms with E-state index >= 15 is 0 Å². The van der Waals surface area contributed by atoms with E-state index in [9.17, 15) is 4.79 Å². The Morgan fingerprint density at radius 3 is 2.78 bits per heavy atom. The summed E-state index contributed by atoms with van der Waals surface area (Å²) in [5.74, 6) is 0.208. The van der Waals surface area contributed by atoms with E-state index < -0.39 is 0 Å². The molecular weight excluding hydrogens is 134 g/mol. The van der Waals surface area contributed by atoms with Crippen molar-refractivity contribution in [1.29, 1.82) is 0 Å². The smallest absolute Gasteiger partial charge is 0.227 e. The Labute approximate surface area is 58.5 Å². The summed E-state index contributed by atoms with van der Waals surface area (Å²) in [6, 6.07) is 0. The monoisotopic (exact) mass is 143 g/mol. The van der Waals surface area contributed by atoms with Crippen LogP contribution >= 0.6 is 11.8 Å². The molecule has 1 aliphatic rings. The van der Waals surface area contributed by atoms with Crippen molar-refractivity contribution in [2.45, 2.75) is 13.3 Å². The van der Waals surface area contributed by atoms with Gasteiger partial charge in [-0.1, -0.05) is 5.57 Å². The van der Waals surface area contributed by atoms with Gasteiger partial charge in [0, 0.05) is 6.42 Å². The van der Waals surface area contributed by atoms with Crippen LogP contribution in [-0.4, -0.2) is 11.7 Å². The zero-order valence-electron chi connectivity index (χ0n) is 5.31. The van der Waals surface area contributed by atoms with Crippen LogP contribution in [0, 0.1) is 0 Å². The molecule has 0 unspecified atom stereocenters. The van der Waals surface area contributed by atoms with E-state index in [1.807, 2.05) is 0 Å². The van der Waals surface area contributed by atoms with Gasteiger partial charge in [0.2, 0.25) is 5.91 Å². The van der Waals surface area contributed by atoms with Crippen molar-refractivity contribution < 1.29 is 4.79 Å². The summed E-state index contributed by atoms with van der Waals surface area (Å²) in [7, 11) is 0. The van der Waals surface area contributed by atoms with Crippen LogP contribution < -0.4 is 5.73 Å². The van der Waals surface area contributed by atoms with Gasteiger partial charge in [-0.05, 0) is 11.8 Å². The van der Waals surface area contributed by atoms with Gasteiger partial charge in [0.1, 0.15) is 0 Å². The SMILES string of the molecule is CC1=C(SCC(N)=O)C1. The number of primary amides is 1. The Hall–Kier alpha value is -0.440. The first-order valence-corrected chi connectivity index (χ1v) is 3.78. The van der Waals surface area contributed by atoms with E-state index in [0.717, 1.165) is 6.42 Å². The third kappa shape index (κ3) is 2.10. The molecule has 0 saturated carbocycles. The van der Waals surface area contributed by atoms with Gasteiger partial charge in [0.25, 0.3) is 0 Å². The highest BCUT2D eigenvalue weighted by molar-refractivity contribution is 8.04. The minimum Gasteiger partial charge on any atom is -0.369 e. The average Bonchev–Trinajstić information content (AvgIpc) is 2.42. The van der Waals surface area contributed by atoms with Crippen molar-refractivity contribution in [3.8, 4) is 0 Å². The summed E-state index contributed by atoms with van der Waals surface area (Å²) in [5, 5.41) is 0. The first-order chi connectivity index (χ1) is 4.20. The summed E-state index contributed by atoms with van der Waals surface area (Å²) in [4.78, 5) is 11.6. The quantitative estimate of drug-likeness (QED) is 0.637. The molecule has 2 nitrogen and oxygen atoms in total. The van der Waals surface area contributed by atoms with E-state index in [1.54, 1.807) is 11.8 Å². The largest absolute Gasteiger partial charge is 0.369 e. The Bertz CT molecular complexity index is 174. The van der Waals surface area contributed by atoms with Crippen molar-refractivity contribution in [2.24, 2.45) is 5.73 Å². The molecule has 0 saturated heterocycles. The van der Waals surface area contributed by atoms with E-state index in [-0.39, 0.29) is 5.91 Å². The van der Waals surface area contributed by atoms with Crippen molar-refractivity contribution in [3.63, 3.8) is 0 Å². The first kappa shape index (κ1) is 6.68. The van der Waals surface area contributed by atoms with Crippen molar-refractivity contribution in [2.75, 3.05) is 5.75 Å². The van der Waals surface area contributed by atoms with Crippen molar-refractivity contribution in [3.05, 3.63) is 10.5 Å². The fourth-order valence-electron chi connectivity index (χ4n) is 0.529. The average molecular weight is 143 g/mol. The van der Waals surface area contributed by atoms with Crippen LogP contribution in [-0.2, 0) is 4.79 Å². The fourth-order valence-corrected chi connectivity index (χ4v) is 1.41. The molecule has 9 heavy (non-hydrogen) atoms. The number of allylic oxidation sites excluding steroid dienone is 2. The molecule has 1 aliphatic carbocycles. The minimum absolute atomic E-state index is 0.229. The summed E-state index contributed by atoms with van der Waals surface area (Å²) >= 11 is 1.56. The van der Waals surface area contributed by atoms with Crippen LogP contribution in [0.15, 0.2) is 10.5 Å². The lowest BCUT2D eigenvalue weighted by Crippen LogP contribution is -2.12. The molecule has 0 heterocycles.